The molecule has 1 aliphatic heterocycles. The number of Topliss-reactive ketones (excluding diaryl/α,β-unsaturated/α-hetero) is 1. The van der Waals surface area contributed by atoms with Gasteiger partial charge in [0.25, 0.3) is 0 Å². The number of para-hydroxylation sites is 1. The minimum Gasteiger partial charge on any atom is -0.496 e. The highest BCUT2D eigenvalue weighted by molar-refractivity contribution is 5.89. The maximum Gasteiger partial charge on any atom is 0.146 e. The molecule has 1 unspecified atom stereocenters. The Hall–Kier alpha value is -2.13. The van der Waals surface area contributed by atoms with Gasteiger partial charge in [-0.1, -0.05) is 42.5 Å². The number of methoxy groups -OCH3 is 1. The zero-order chi connectivity index (χ0) is 14.7. The number of benzene rings is 2. The lowest BCUT2D eigenvalue weighted by Gasteiger charge is -2.25. The van der Waals surface area contributed by atoms with Crippen LogP contribution in [0.25, 0.3) is 0 Å². The number of ketones is 1. The number of hydrogen-bond donors (Lipinski definition) is 1. The fraction of sp³-hybridized carbons (Fsp3) is 0.278. The normalized spacial score (nSPS) is 17.1. The lowest BCUT2D eigenvalue weighted by atomic mass is 9.85. The van der Waals surface area contributed by atoms with E-state index in [1.54, 1.807) is 7.11 Å². The Bertz CT molecular complexity index is 651. The maximum absolute atomic E-state index is 12.7. The van der Waals surface area contributed by atoms with Gasteiger partial charge in [0.05, 0.1) is 13.0 Å². The molecule has 0 radical (unpaired) electrons. The summed E-state index contributed by atoms with van der Waals surface area (Å²) in [6, 6.07) is 15.9. The number of fused-ring (bicyclic) bond motifs is 1. The van der Waals surface area contributed by atoms with Crippen molar-refractivity contribution in [2.24, 2.45) is 0 Å². The third kappa shape index (κ3) is 2.83. The molecular formula is C18H19NO2. The summed E-state index contributed by atoms with van der Waals surface area (Å²) >= 11 is 0. The lowest BCUT2D eigenvalue weighted by molar-refractivity contribution is -0.119. The molecule has 0 aromatic heterocycles. The first kappa shape index (κ1) is 13.8. The molecule has 1 atom stereocenters. The van der Waals surface area contributed by atoms with E-state index in [1.807, 2.05) is 36.4 Å². The number of carbonyl (C=O) groups is 1. The van der Waals surface area contributed by atoms with Crippen LogP contribution in [-0.4, -0.2) is 19.4 Å². The van der Waals surface area contributed by atoms with E-state index in [2.05, 4.69) is 17.4 Å². The SMILES string of the molecule is COc1ccccc1CC(=O)C1CNCc2ccccc21. The van der Waals surface area contributed by atoms with E-state index in [4.69, 9.17) is 4.74 Å². The Morgan fingerprint density at radius 3 is 2.81 bits per heavy atom. The molecule has 0 aliphatic carbocycles. The van der Waals surface area contributed by atoms with Crippen molar-refractivity contribution in [3.8, 4) is 5.75 Å². The minimum absolute atomic E-state index is 0.0696. The molecule has 3 rings (SSSR count). The van der Waals surface area contributed by atoms with Crippen LogP contribution in [0.1, 0.15) is 22.6 Å². The Balaban J connectivity index is 1.84. The van der Waals surface area contributed by atoms with Crippen LogP contribution in [-0.2, 0) is 17.8 Å². The predicted molar refractivity (Wildman–Crippen MR) is 82.6 cm³/mol. The smallest absolute Gasteiger partial charge is 0.146 e. The predicted octanol–water partition coefficient (Wildman–Crippen LogP) is 2.69. The van der Waals surface area contributed by atoms with Gasteiger partial charge < -0.3 is 10.1 Å². The van der Waals surface area contributed by atoms with Crippen LogP contribution in [0.5, 0.6) is 5.75 Å². The summed E-state index contributed by atoms with van der Waals surface area (Å²) in [6.07, 6.45) is 0.407. The van der Waals surface area contributed by atoms with Crippen LogP contribution in [0.3, 0.4) is 0 Å². The van der Waals surface area contributed by atoms with Gasteiger partial charge in [-0.05, 0) is 17.2 Å². The van der Waals surface area contributed by atoms with Crippen LogP contribution in [0.2, 0.25) is 0 Å². The molecule has 0 saturated carbocycles. The summed E-state index contributed by atoms with van der Waals surface area (Å²) in [5.41, 5.74) is 3.34. The molecule has 108 valence electrons. The van der Waals surface area contributed by atoms with Crippen molar-refractivity contribution in [2.45, 2.75) is 18.9 Å². The van der Waals surface area contributed by atoms with Gasteiger partial charge in [-0.25, -0.2) is 0 Å². The molecule has 3 heteroatoms. The van der Waals surface area contributed by atoms with E-state index in [0.717, 1.165) is 23.4 Å². The van der Waals surface area contributed by atoms with Gasteiger partial charge in [-0.15, -0.1) is 0 Å². The monoisotopic (exact) mass is 281 g/mol. The number of nitrogens with one attached hydrogen (secondary N) is 1. The van der Waals surface area contributed by atoms with Crippen LogP contribution in [0, 0.1) is 0 Å². The average Bonchev–Trinajstić information content (AvgIpc) is 2.54. The van der Waals surface area contributed by atoms with Gasteiger partial charge in [0.15, 0.2) is 0 Å². The highest BCUT2D eigenvalue weighted by Crippen LogP contribution is 2.27. The minimum atomic E-state index is -0.0696. The van der Waals surface area contributed by atoms with Crippen molar-refractivity contribution in [1.82, 2.24) is 5.32 Å². The summed E-state index contributed by atoms with van der Waals surface area (Å²) in [7, 11) is 1.64. The first-order chi connectivity index (χ1) is 10.3. The molecular weight excluding hydrogens is 262 g/mol. The van der Waals surface area contributed by atoms with Crippen molar-refractivity contribution < 1.29 is 9.53 Å². The quantitative estimate of drug-likeness (QED) is 0.936. The number of hydrogen-bond acceptors (Lipinski definition) is 3. The van der Waals surface area contributed by atoms with E-state index >= 15 is 0 Å². The van der Waals surface area contributed by atoms with Crippen LogP contribution < -0.4 is 10.1 Å². The van der Waals surface area contributed by atoms with E-state index < -0.39 is 0 Å². The third-order valence-electron chi connectivity index (χ3n) is 4.04. The molecule has 0 amide bonds. The molecule has 1 aliphatic rings. The van der Waals surface area contributed by atoms with Crippen molar-refractivity contribution >= 4 is 5.78 Å². The summed E-state index contributed by atoms with van der Waals surface area (Å²) in [5, 5.41) is 3.33. The number of ether oxygens (including phenoxy) is 1. The molecule has 0 fully saturated rings. The Morgan fingerprint density at radius 1 is 1.19 bits per heavy atom. The van der Waals surface area contributed by atoms with Gasteiger partial charge in [0, 0.05) is 25.1 Å². The topological polar surface area (TPSA) is 38.3 Å². The summed E-state index contributed by atoms with van der Waals surface area (Å²) in [5.74, 6) is 0.946. The fourth-order valence-corrected chi connectivity index (χ4v) is 2.94. The number of carbonyl (C=O) groups excluding carboxylic acids is 1. The van der Waals surface area contributed by atoms with Crippen LogP contribution in [0.15, 0.2) is 48.5 Å². The Labute approximate surface area is 124 Å². The van der Waals surface area contributed by atoms with Crippen molar-refractivity contribution in [3.63, 3.8) is 0 Å². The molecule has 1 heterocycles. The largest absolute Gasteiger partial charge is 0.496 e. The molecule has 0 bridgehead atoms. The molecule has 0 spiro atoms. The Morgan fingerprint density at radius 2 is 1.95 bits per heavy atom. The van der Waals surface area contributed by atoms with Gasteiger partial charge in [0.1, 0.15) is 11.5 Å². The van der Waals surface area contributed by atoms with Gasteiger partial charge in [-0.3, -0.25) is 4.79 Å². The second-order valence-corrected chi connectivity index (χ2v) is 5.34. The van der Waals surface area contributed by atoms with Gasteiger partial charge >= 0.3 is 0 Å². The van der Waals surface area contributed by atoms with Gasteiger partial charge in [0.2, 0.25) is 0 Å². The second kappa shape index (κ2) is 6.10. The summed E-state index contributed by atoms with van der Waals surface area (Å²) in [4.78, 5) is 12.7. The van der Waals surface area contributed by atoms with E-state index in [-0.39, 0.29) is 11.7 Å². The molecule has 21 heavy (non-hydrogen) atoms. The third-order valence-corrected chi connectivity index (χ3v) is 4.04. The van der Waals surface area contributed by atoms with Crippen molar-refractivity contribution in [3.05, 3.63) is 65.2 Å². The molecule has 2 aromatic rings. The average molecular weight is 281 g/mol. The summed E-state index contributed by atoms with van der Waals surface area (Å²) in [6.45, 7) is 1.56. The zero-order valence-corrected chi connectivity index (χ0v) is 12.1. The zero-order valence-electron chi connectivity index (χ0n) is 12.1. The molecule has 3 nitrogen and oxygen atoms in total. The van der Waals surface area contributed by atoms with Crippen LogP contribution >= 0.6 is 0 Å². The van der Waals surface area contributed by atoms with E-state index in [0.29, 0.717) is 13.0 Å². The van der Waals surface area contributed by atoms with Crippen molar-refractivity contribution in [1.29, 1.82) is 0 Å². The van der Waals surface area contributed by atoms with Crippen LogP contribution in [0.4, 0.5) is 0 Å². The lowest BCUT2D eigenvalue weighted by Crippen LogP contribution is -2.33. The molecule has 2 aromatic carbocycles. The van der Waals surface area contributed by atoms with Gasteiger partial charge in [-0.2, -0.15) is 0 Å². The first-order valence-corrected chi connectivity index (χ1v) is 7.22. The summed E-state index contributed by atoms with van der Waals surface area (Å²) < 4.78 is 5.34. The second-order valence-electron chi connectivity index (χ2n) is 5.34. The number of rotatable bonds is 4. The van der Waals surface area contributed by atoms with E-state index in [1.165, 1.54) is 5.56 Å². The standard InChI is InChI=1S/C18H19NO2/c1-21-18-9-5-3-6-13(18)10-17(20)16-12-19-11-14-7-2-4-8-15(14)16/h2-9,16,19H,10-12H2,1H3. The molecule has 1 N–H and O–H groups in total. The highest BCUT2D eigenvalue weighted by Gasteiger charge is 2.26. The molecule has 0 saturated heterocycles. The first-order valence-electron chi connectivity index (χ1n) is 7.22. The van der Waals surface area contributed by atoms with E-state index in [9.17, 15) is 4.79 Å². The highest BCUT2D eigenvalue weighted by atomic mass is 16.5. The maximum atomic E-state index is 12.7. The Kier molecular flexibility index (Phi) is 4.02. The van der Waals surface area contributed by atoms with Crippen molar-refractivity contribution in [2.75, 3.05) is 13.7 Å². The fourth-order valence-electron chi connectivity index (χ4n) is 2.94.